The van der Waals surface area contributed by atoms with Crippen LogP contribution in [0.2, 0.25) is 0 Å². The molecule has 0 amide bonds. The molecule has 2 N–H and O–H groups in total. The molecular formula is C16H21NO2S. The topological polar surface area (TPSA) is 44.5 Å². The Balaban J connectivity index is 1.61. The lowest BCUT2D eigenvalue weighted by Gasteiger charge is -2.09. The van der Waals surface area contributed by atoms with Gasteiger partial charge in [0.2, 0.25) is 0 Å². The van der Waals surface area contributed by atoms with E-state index >= 15 is 0 Å². The van der Waals surface area contributed by atoms with Crippen molar-refractivity contribution in [2.45, 2.75) is 18.9 Å². The molecule has 0 spiro atoms. The molecule has 1 aromatic carbocycles. The fourth-order valence-corrected chi connectivity index (χ4v) is 2.89. The Kier molecular flexibility index (Phi) is 6.79. The van der Waals surface area contributed by atoms with Crippen LogP contribution in [0.1, 0.15) is 18.4 Å². The minimum Gasteiger partial charge on any atom is -0.493 e. The van der Waals surface area contributed by atoms with Crippen molar-refractivity contribution in [3.05, 3.63) is 29.8 Å². The van der Waals surface area contributed by atoms with Gasteiger partial charge in [-0.1, -0.05) is 11.8 Å². The van der Waals surface area contributed by atoms with Gasteiger partial charge in [-0.3, -0.25) is 0 Å². The summed E-state index contributed by atoms with van der Waals surface area (Å²) >= 11 is 1.90. The van der Waals surface area contributed by atoms with Gasteiger partial charge in [0.05, 0.1) is 19.3 Å². The molecule has 0 saturated carbocycles. The van der Waals surface area contributed by atoms with Crippen molar-refractivity contribution in [2.24, 2.45) is 5.73 Å². The summed E-state index contributed by atoms with van der Waals surface area (Å²) in [5.74, 6) is 8.79. The van der Waals surface area contributed by atoms with Gasteiger partial charge < -0.3 is 15.2 Å². The number of hydrogen-bond acceptors (Lipinski definition) is 4. The maximum absolute atomic E-state index is 5.70. The van der Waals surface area contributed by atoms with E-state index in [9.17, 15) is 0 Å². The average Bonchev–Trinajstić information content (AvgIpc) is 2.99. The maximum atomic E-state index is 5.70. The van der Waals surface area contributed by atoms with Crippen molar-refractivity contribution >= 4 is 11.8 Å². The molecule has 20 heavy (non-hydrogen) atoms. The third kappa shape index (κ3) is 5.46. The van der Waals surface area contributed by atoms with Crippen molar-refractivity contribution in [3.63, 3.8) is 0 Å². The summed E-state index contributed by atoms with van der Waals surface area (Å²) in [6, 6.07) is 7.81. The molecule has 0 bridgehead atoms. The lowest BCUT2D eigenvalue weighted by atomic mass is 10.2. The molecule has 1 aliphatic rings. The average molecular weight is 291 g/mol. The van der Waals surface area contributed by atoms with E-state index in [4.69, 9.17) is 15.2 Å². The van der Waals surface area contributed by atoms with Gasteiger partial charge in [0.25, 0.3) is 0 Å². The minimum absolute atomic E-state index is 0.389. The molecule has 4 heteroatoms. The highest BCUT2D eigenvalue weighted by Gasteiger charge is 2.14. The largest absolute Gasteiger partial charge is 0.493 e. The molecule has 108 valence electrons. The highest BCUT2D eigenvalue weighted by atomic mass is 32.2. The molecule has 3 nitrogen and oxygen atoms in total. The maximum Gasteiger partial charge on any atom is 0.119 e. The molecule has 1 aromatic rings. The zero-order valence-electron chi connectivity index (χ0n) is 11.6. The highest BCUT2D eigenvalue weighted by molar-refractivity contribution is 7.99. The Hall–Kier alpha value is -1.15. The molecule has 2 rings (SSSR count). The molecule has 1 heterocycles. The van der Waals surface area contributed by atoms with E-state index in [0.717, 1.165) is 36.0 Å². The van der Waals surface area contributed by atoms with Gasteiger partial charge in [0.15, 0.2) is 0 Å². The van der Waals surface area contributed by atoms with Crippen LogP contribution in [0.3, 0.4) is 0 Å². The van der Waals surface area contributed by atoms with Crippen LogP contribution in [0.5, 0.6) is 5.75 Å². The van der Waals surface area contributed by atoms with Crippen molar-refractivity contribution < 1.29 is 9.47 Å². The second kappa shape index (κ2) is 8.91. The van der Waals surface area contributed by atoms with Crippen LogP contribution >= 0.6 is 11.8 Å². The number of thioether (sulfide) groups is 1. The van der Waals surface area contributed by atoms with Crippen molar-refractivity contribution in [1.29, 1.82) is 0 Å². The second-order valence-electron chi connectivity index (χ2n) is 4.59. The quantitative estimate of drug-likeness (QED) is 0.645. The van der Waals surface area contributed by atoms with Gasteiger partial charge >= 0.3 is 0 Å². The SMILES string of the molecule is NCC#Cc1ccc(OCCSCC2CCCO2)cc1. The van der Waals surface area contributed by atoms with E-state index in [1.165, 1.54) is 12.8 Å². The summed E-state index contributed by atoms with van der Waals surface area (Å²) in [5.41, 5.74) is 6.30. The molecule has 1 atom stereocenters. The van der Waals surface area contributed by atoms with Crippen LogP contribution in [0.25, 0.3) is 0 Å². The summed E-state index contributed by atoms with van der Waals surface area (Å²) in [4.78, 5) is 0. The van der Waals surface area contributed by atoms with E-state index in [0.29, 0.717) is 12.6 Å². The molecule has 0 aromatic heterocycles. The Morgan fingerprint density at radius 1 is 1.35 bits per heavy atom. The van der Waals surface area contributed by atoms with Gasteiger partial charge in [-0.05, 0) is 37.1 Å². The number of rotatable bonds is 6. The number of nitrogens with two attached hydrogens (primary N) is 1. The normalized spacial score (nSPS) is 17.6. The Labute approximate surface area is 125 Å². The van der Waals surface area contributed by atoms with E-state index in [2.05, 4.69) is 11.8 Å². The predicted molar refractivity (Wildman–Crippen MR) is 84.2 cm³/mol. The fraction of sp³-hybridized carbons (Fsp3) is 0.500. The summed E-state index contributed by atoms with van der Waals surface area (Å²) in [7, 11) is 0. The van der Waals surface area contributed by atoms with Gasteiger partial charge in [-0.15, -0.1) is 0 Å². The van der Waals surface area contributed by atoms with Crippen molar-refractivity contribution in [3.8, 4) is 17.6 Å². The summed E-state index contributed by atoms with van der Waals surface area (Å²) in [5, 5.41) is 0. The lowest BCUT2D eigenvalue weighted by molar-refractivity contribution is 0.129. The Bertz CT molecular complexity index is 444. The second-order valence-corrected chi connectivity index (χ2v) is 5.74. The molecule has 1 fully saturated rings. The van der Waals surface area contributed by atoms with E-state index in [-0.39, 0.29) is 0 Å². The Morgan fingerprint density at radius 3 is 2.90 bits per heavy atom. The first-order chi connectivity index (χ1) is 9.88. The van der Waals surface area contributed by atoms with Crippen LogP contribution in [0.15, 0.2) is 24.3 Å². The van der Waals surface area contributed by atoms with Crippen LogP contribution in [0.4, 0.5) is 0 Å². The van der Waals surface area contributed by atoms with Gasteiger partial charge in [-0.2, -0.15) is 11.8 Å². The first-order valence-corrected chi connectivity index (χ1v) is 8.15. The van der Waals surface area contributed by atoms with Crippen LogP contribution < -0.4 is 10.5 Å². The number of benzene rings is 1. The van der Waals surface area contributed by atoms with Crippen LogP contribution in [0, 0.1) is 11.8 Å². The van der Waals surface area contributed by atoms with E-state index in [1.807, 2.05) is 36.0 Å². The molecule has 0 radical (unpaired) electrons. The van der Waals surface area contributed by atoms with Crippen LogP contribution in [-0.4, -0.2) is 37.4 Å². The molecule has 1 unspecified atom stereocenters. The third-order valence-electron chi connectivity index (χ3n) is 3.01. The van der Waals surface area contributed by atoms with Gasteiger partial charge in [0, 0.05) is 23.7 Å². The highest BCUT2D eigenvalue weighted by Crippen LogP contribution is 2.17. The monoisotopic (exact) mass is 291 g/mol. The van der Waals surface area contributed by atoms with Crippen LogP contribution in [-0.2, 0) is 4.74 Å². The zero-order chi connectivity index (χ0) is 14.0. The van der Waals surface area contributed by atoms with E-state index in [1.54, 1.807) is 0 Å². The fourth-order valence-electron chi connectivity index (χ4n) is 2.00. The standard InChI is InChI=1S/C16H21NO2S/c17-9-1-3-14-5-7-15(8-6-14)19-11-12-20-13-16-4-2-10-18-16/h5-8,16H,2,4,9-13,17H2. The zero-order valence-corrected chi connectivity index (χ0v) is 12.5. The Morgan fingerprint density at radius 2 is 2.20 bits per heavy atom. The first kappa shape index (κ1) is 15.2. The van der Waals surface area contributed by atoms with Crippen molar-refractivity contribution in [1.82, 2.24) is 0 Å². The summed E-state index contributed by atoms with van der Waals surface area (Å²) in [6.07, 6.45) is 2.88. The summed E-state index contributed by atoms with van der Waals surface area (Å²) in [6.45, 7) is 2.05. The van der Waals surface area contributed by atoms with E-state index < -0.39 is 0 Å². The van der Waals surface area contributed by atoms with Gasteiger partial charge in [-0.25, -0.2) is 0 Å². The first-order valence-electron chi connectivity index (χ1n) is 6.99. The van der Waals surface area contributed by atoms with Gasteiger partial charge in [0.1, 0.15) is 5.75 Å². The third-order valence-corrected chi connectivity index (χ3v) is 4.08. The molecule has 1 aliphatic heterocycles. The molecule has 1 saturated heterocycles. The number of ether oxygens (including phenoxy) is 2. The predicted octanol–water partition coefficient (Wildman–Crippen LogP) is 2.29. The summed E-state index contributed by atoms with van der Waals surface area (Å²) < 4.78 is 11.3. The molecular weight excluding hydrogens is 270 g/mol. The minimum atomic E-state index is 0.389. The lowest BCUT2D eigenvalue weighted by Crippen LogP contribution is -2.10. The molecule has 0 aliphatic carbocycles. The van der Waals surface area contributed by atoms with Crippen molar-refractivity contribution in [2.75, 3.05) is 31.3 Å². The smallest absolute Gasteiger partial charge is 0.119 e. The number of hydrogen-bond donors (Lipinski definition) is 1.